The molecule has 0 bridgehead atoms. The predicted molar refractivity (Wildman–Crippen MR) is 74.8 cm³/mol. The van der Waals surface area contributed by atoms with Gasteiger partial charge in [-0.25, -0.2) is 9.59 Å². The van der Waals surface area contributed by atoms with Crippen molar-refractivity contribution >= 4 is 23.6 Å². The van der Waals surface area contributed by atoms with E-state index in [1.54, 1.807) is 25.2 Å². The van der Waals surface area contributed by atoms with Crippen LogP contribution in [-0.2, 0) is 16.1 Å². The number of nitrogens with one attached hydrogen (secondary N) is 1. The third kappa shape index (κ3) is 4.71. The van der Waals surface area contributed by atoms with E-state index >= 15 is 0 Å². The Morgan fingerprint density at radius 2 is 2.10 bits per heavy atom. The van der Waals surface area contributed by atoms with Crippen molar-refractivity contribution in [3.05, 3.63) is 34.9 Å². The molecule has 0 aliphatic heterocycles. The first-order chi connectivity index (χ1) is 9.45. The van der Waals surface area contributed by atoms with Crippen molar-refractivity contribution in [1.29, 1.82) is 0 Å². The van der Waals surface area contributed by atoms with Crippen LogP contribution < -0.4 is 5.32 Å². The van der Waals surface area contributed by atoms with Gasteiger partial charge in [0, 0.05) is 25.7 Å². The van der Waals surface area contributed by atoms with E-state index in [2.05, 4.69) is 5.32 Å². The molecule has 0 spiro atoms. The number of carboxylic acid groups (broad SMARTS) is 1. The fraction of sp³-hybridized carbons (Fsp3) is 0.385. The molecule has 0 saturated heterocycles. The Labute approximate surface area is 122 Å². The Kier molecular flexibility index (Phi) is 6.27. The average Bonchev–Trinajstić information content (AvgIpc) is 2.40. The molecule has 0 aromatic heterocycles. The van der Waals surface area contributed by atoms with Gasteiger partial charge in [-0.05, 0) is 11.6 Å². The summed E-state index contributed by atoms with van der Waals surface area (Å²) in [4.78, 5) is 24.2. The third-order valence-electron chi connectivity index (χ3n) is 2.64. The van der Waals surface area contributed by atoms with E-state index in [4.69, 9.17) is 21.4 Å². The predicted octanol–water partition coefficient (Wildman–Crippen LogP) is 1.58. The molecule has 1 rings (SSSR count). The molecule has 7 heteroatoms. The van der Waals surface area contributed by atoms with Crippen LogP contribution in [0.1, 0.15) is 5.56 Å². The number of ether oxygens (including phenoxy) is 1. The average molecular weight is 301 g/mol. The zero-order valence-electron chi connectivity index (χ0n) is 11.3. The molecule has 0 fully saturated rings. The summed E-state index contributed by atoms with van der Waals surface area (Å²) in [6.07, 6.45) is 0. The number of rotatable bonds is 6. The number of carboxylic acids is 1. The van der Waals surface area contributed by atoms with Gasteiger partial charge < -0.3 is 20.1 Å². The van der Waals surface area contributed by atoms with Crippen molar-refractivity contribution in [3.8, 4) is 0 Å². The lowest BCUT2D eigenvalue weighted by Crippen LogP contribution is -2.48. The molecular weight excluding hydrogens is 284 g/mol. The van der Waals surface area contributed by atoms with Crippen LogP contribution in [-0.4, -0.2) is 48.8 Å². The Morgan fingerprint density at radius 1 is 1.45 bits per heavy atom. The third-order valence-corrected chi connectivity index (χ3v) is 3.01. The molecule has 0 heterocycles. The van der Waals surface area contributed by atoms with Gasteiger partial charge >= 0.3 is 12.0 Å². The van der Waals surface area contributed by atoms with Crippen LogP contribution in [0.5, 0.6) is 0 Å². The number of hydrogen-bond donors (Lipinski definition) is 2. The second kappa shape index (κ2) is 7.72. The van der Waals surface area contributed by atoms with Crippen molar-refractivity contribution in [2.75, 3.05) is 20.8 Å². The van der Waals surface area contributed by atoms with Gasteiger partial charge in [0.15, 0.2) is 6.04 Å². The van der Waals surface area contributed by atoms with E-state index in [0.717, 1.165) is 5.56 Å². The largest absolute Gasteiger partial charge is 0.480 e. The number of benzene rings is 1. The molecule has 0 radical (unpaired) electrons. The monoisotopic (exact) mass is 300 g/mol. The van der Waals surface area contributed by atoms with Crippen molar-refractivity contribution in [2.24, 2.45) is 0 Å². The van der Waals surface area contributed by atoms with Crippen LogP contribution in [0.25, 0.3) is 0 Å². The summed E-state index contributed by atoms with van der Waals surface area (Å²) in [5, 5.41) is 11.9. The number of nitrogens with zero attached hydrogens (tertiary/aromatic N) is 1. The fourth-order valence-corrected chi connectivity index (χ4v) is 1.75. The molecule has 6 nitrogen and oxygen atoms in total. The van der Waals surface area contributed by atoms with Gasteiger partial charge in [-0.3, -0.25) is 0 Å². The Balaban J connectivity index is 2.63. The van der Waals surface area contributed by atoms with Gasteiger partial charge in [0.2, 0.25) is 0 Å². The topological polar surface area (TPSA) is 78.9 Å². The van der Waals surface area contributed by atoms with Crippen molar-refractivity contribution < 1.29 is 19.4 Å². The van der Waals surface area contributed by atoms with E-state index < -0.39 is 18.0 Å². The molecule has 20 heavy (non-hydrogen) atoms. The minimum absolute atomic E-state index is 0.0962. The van der Waals surface area contributed by atoms with Crippen LogP contribution in [0.4, 0.5) is 4.79 Å². The summed E-state index contributed by atoms with van der Waals surface area (Å²) in [5.74, 6) is -1.15. The highest BCUT2D eigenvalue weighted by Crippen LogP contribution is 2.16. The number of urea groups is 1. The standard InChI is InChI=1S/C13H17ClN2O4/c1-16(7-9-5-3-4-6-10(9)14)13(19)15-11(8-20-2)12(17)18/h3-6,11H,7-8H2,1-2H3,(H,15,19)(H,17,18). The minimum Gasteiger partial charge on any atom is -0.480 e. The smallest absolute Gasteiger partial charge is 0.328 e. The van der Waals surface area contributed by atoms with E-state index in [0.29, 0.717) is 5.02 Å². The van der Waals surface area contributed by atoms with Crippen LogP contribution in [0.15, 0.2) is 24.3 Å². The molecule has 0 aliphatic rings. The summed E-state index contributed by atoms with van der Waals surface area (Å²) in [5.41, 5.74) is 0.783. The van der Waals surface area contributed by atoms with Crippen LogP contribution in [0, 0.1) is 0 Å². The number of carbonyl (C=O) groups is 2. The molecule has 1 aromatic rings. The molecule has 0 aliphatic carbocycles. The molecule has 1 aromatic carbocycles. The van der Waals surface area contributed by atoms with Gasteiger partial charge in [0.25, 0.3) is 0 Å². The zero-order valence-corrected chi connectivity index (χ0v) is 12.1. The van der Waals surface area contributed by atoms with Gasteiger partial charge in [-0.2, -0.15) is 0 Å². The van der Waals surface area contributed by atoms with Gasteiger partial charge in [-0.15, -0.1) is 0 Å². The van der Waals surface area contributed by atoms with Crippen LogP contribution in [0.2, 0.25) is 5.02 Å². The normalized spacial score (nSPS) is 11.8. The SMILES string of the molecule is COCC(NC(=O)N(C)Cc1ccccc1Cl)C(=O)O. The molecular formula is C13H17ClN2O4. The highest BCUT2D eigenvalue weighted by atomic mass is 35.5. The van der Waals surface area contributed by atoms with E-state index in [1.807, 2.05) is 6.07 Å². The van der Waals surface area contributed by atoms with E-state index in [-0.39, 0.29) is 13.2 Å². The second-order valence-electron chi connectivity index (χ2n) is 4.24. The van der Waals surface area contributed by atoms with E-state index in [1.165, 1.54) is 12.0 Å². The molecule has 0 saturated carbocycles. The highest BCUT2D eigenvalue weighted by Gasteiger charge is 2.21. The lowest BCUT2D eigenvalue weighted by Gasteiger charge is -2.21. The number of carbonyl (C=O) groups excluding carboxylic acids is 1. The minimum atomic E-state index is -1.15. The maximum Gasteiger partial charge on any atom is 0.328 e. The molecule has 1 unspecified atom stereocenters. The van der Waals surface area contributed by atoms with Crippen molar-refractivity contribution in [3.63, 3.8) is 0 Å². The first-order valence-electron chi connectivity index (χ1n) is 5.92. The van der Waals surface area contributed by atoms with Crippen molar-refractivity contribution in [2.45, 2.75) is 12.6 Å². The van der Waals surface area contributed by atoms with Crippen LogP contribution >= 0.6 is 11.6 Å². The Hall–Kier alpha value is -1.79. The summed E-state index contributed by atoms with van der Waals surface area (Å²) < 4.78 is 4.75. The Bertz CT molecular complexity index is 481. The number of hydrogen-bond acceptors (Lipinski definition) is 3. The number of aliphatic carboxylic acids is 1. The first-order valence-corrected chi connectivity index (χ1v) is 6.30. The fourth-order valence-electron chi connectivity index (χ4n) is 1.55. The maximum atomic E-state index is 11.9. The zero-order chi connectivity index (χ0) is 15.1. The summed E-state index contributed by atoms with van der Waals surface area (Å²) in [6.45, 7) is 0.186. The van der Waals surface area contributed by atoms with Gasteiger partial charge in [0.1, 0.15) is 0 Å². The second-order valence-corrected chi connectivity index (χ2v) is 4.65. The molecule has 1 atom stereocenters. The summed E-state index contributed by atoms with van der Waals surface area (Å²) in [6, 6.07) is 5.56. The summed E-state index contributed by atoms with van der Waals surface area (Å²) in [7, 11) is 2.93. The van der Waals surface area contributed by atoms with Gasteiger partial charge in [0.05, 0.1) is 6.61 Å². The lowest BCUT2D eigenvalue weighted by molar-refractivity contribution is -0.140. The Morgan fingerprint density at radius 3 is 2.65 bits per heavy atom. The number of methoxy groups -OCH3 is 1. The summed E-state index contributed by atoms with van der Waals surface area (Å²) >= 11 is 6.01. The lowest BCUT2D eigenvalue weighted by atomic mass is 10.2. The maximum absolute atomic E-state index is 11.9. The number of amides is 2. The van der Waals surface area contributed by atoms with E-state index in [9.17, 15) is 9.59 Å². The number of halogens is 1. The molecule has 110 valence electrons. The highest BCUT2D eigenvalue weighted by molar-refractivity contribution is 6.31. The van der Waals surface area contributed by atoms with Gasteiger partial charge in [-0.1, -0.05) is 29.8 Å². The first kappa shape index (κ1) is 16.3. The molecule has 2 N–H and O–H groups in total. The van der Waals surface area contributed by atoms with Crippen LogP contribution in [0.3, 0.4) is 0 Å². The molecule has 2 amide bonds. The quantitative estimate of drug-likeness (QED) is 0.836. The van der Waals surface area contributed by atoms with Crippen molar-refractivity contribution in [1.82, 2.24) is 10.2 Å².